The van der Waals surface area contributed by atoms with Gasteiger partial charge in [-0.2, -0.15) is 8.42 Å². The van der Waals surface area contributed by atoms with E-state index in [0.29, 0.717) is 89.9 Å². The summed E-state index contributed by atoms with van der Waals surface area (Å²) in [5.74, 6) is -0.472. The minimum absolute atomic E-state index is 0.0317. The normalized spacial score (nSPS) is 14.6. The van der Waals surface area contributed by atoms with Crippen molar-refractivity contribution >= 4 is 46.7 Å². The number of carbonyl (C=O) groups excluding carboxylic acids is 6. The van der Waals surface area contributed by atoms with Gasteiger partial charge in [-0.3, -0.25) is 4.18 Å². The molecule has 6 amide bonds. The number of nitrogens with one attached hydrogen (secondary N) is 4. The van der Waals surface area contributed by atoms with Crippen LogP contribution in [0.3, 0.4) is 0 Å². The molecular formula is C56H108N6O15S. The third kappa shape index (κ3) is 37.4. The monoisotopic (exact) mass is 1140 g/mol. The quantitative estimate of drug-likeness (QED) is 0.0296. The van der Waals surface area contributed by atoms with Crippen LogP contribution in [-0.4, -0.2) is 152 Å². The maximum Gasteiger partial charge on any atom is 0.410 e. The molecule has 0 aromatic carbocycles. The lowest BCUT2D eigenvalue weighted by atomic mass is 9.72. The van der Waals surface area contributed by atoms with Gasteiger partial charge in [0.15, 0.2) is 0 Å². The topological polar surface area (TPSA) is 256 Å². The van der Waals surface area contributed by atoms with Gasteiger partial charge in [0.05, 0.1) is 18.4 Å². The summed E-state index contributed by atoms with van der Waals surface area (Å²) < 4.78 is 62.9. The molecule has 0 fully saturated rings. The van der Waals surface area contributed by atoms with Crippen molar-refractivity contribution in [3.8, 4) is 0 Å². The predicted molar refractivity (Wildman–Crippen MR) is 304 cm³/mol. The van der Waals surface area contributed by atoms with Gasteiger partial charge in [0.1, 0.15) is 33.6 Å². The molecule has 0 aliphatic rings. The highest BCUT2D eigenvalue weighted by molar-refractivity contribution is 7.85. The zero-order valence-electron chi connectivity index (χ0n) is 52.1. The van der Waals surface area contributed by atoms with Gasteiger partial charge < -0.3 is 59.5 Å². The smallest absolute Gasteiger partial charge is 0.410 e. The maximum atomic E-state index is 14.7. The largest absolute Gasteiger partial charge is 0.444 e. The highest BCUT2D eigenvalue weighted by Gasteiger charge is 2.46. The first-order valence-corrected chi connectivity index (χ1v) is 29.8. The van der Waals surface area contributed by atoms with E-state index >= 15 is 0 Å². The van der Waals surface area contributed by atoms with E-state index in [9.17, 15) is 37.2 Å². The minimum atomic E-state index is -3.62. The molecule has 21 nitrogen and oxygen atoms in total. The number of hydrogen-bond acceptors (Lipinski definition) is 15. The van der Waals surface area contributed by atoms with Crippen LogP contribution in [0.4, 0.5) is 28.8 Å². The van der Waals surface area contributed by atoms with Crippen molar-refractivity contribution in [3.63, 3.8) is 0 Å². The molecule has 78 heavy (non-hydrogen) atoms. The Kier molecular flexibility index (Phi) is 30.3. The molecule has 0 aromatic rings. The Morgan fingerprint density at radius 1 is 0.449 bits per heavy atom. The Morgan fingerprint density at radius 2 is 0.833 bits per heavy atom. The van der Waals surface area contributed by atoms with E-state index in [1.165, 1.54) is 0 Å². The van der Waals surface area contributed by atoms with Gasteiger partial charge in [-0.1, -0.05) is 19.3 Å². The second kappa shape index (κ2) is 32.1. The van der Waals surface area contributed by atoms with Crippen LogP contribution in [0.1, 0.15) is 221 Å². The van der Waals surface area contributed by atoms with E-state index in [-0.39, 0.29) is 39.3 Å². The molecular weight excluding hydrogens is 1030 g/mol. The molecule has 0 radical (unpaired) electrons. The Morgan fingerprint density at radius 3 is 1.28 bits per heavy atom. The molecule has 0 aromatic heterocycles. The number of rotatable bonds is 30. The average Bonchev–Trinajstić information content (AvgIpc) is 3.20. The van der Waals surface area contributed by atoms with E-state index in [4.69, 9.17) is 32.6 Å². The van der Waals surface area contributed by atoms with Crippen LogP contribution in [0.15, 0.2) is 0 Å². The maximum absolute atomic E-state index is 14.7. The first kappa shape index (κ1) is 73.5. The SMILES string of the molecule is CN(C(=O)OC(C)(C)C)C(CCCCNC(=O)OC(C)(C)C)(CCCNC(=O)OC(C)(C)C)C(CCCCCCOS(C)(=O)=O)CN(CCCC(C)(CCCNC(=O)OC(C)(C)C)NC(=O)OC(C)(C)C)C(=O)OC(C)(C)C. The van der Waals surface area contributed by atoms with Crippen molar-refractivity contribution in [2.45, 2.75) is 266 Å². The first-order chi connectivity index (χ1) is 35.2. The Balaban J connectivity index is 7.78. The lowest BCUT2D eigenvalue weighted by Gasteiger charge is -2.49. The highest BCUT2D eigenvalue weighted by atomic mass is 32.2. The fourth-order valence-electron chi connectivity index (χ4n) is 8.49. The van der Waals surface area contributed by atoms with Crippen LogP contribution in [0.2, 0.25) is 0 Å². The van der Waals surface area contributed by atoms with E-state index < -0.39 is 97.3 Å². The molecule has 0 rings (SSSR count). The molecule has 3 atom stereocenters. The van der Waals surface area contributed by atoms with Crippen molar-refractivity contribution in [2.24, 2.45) is 5.92 Å². The van der Waals surface area contributed by atoms with Gasteiger partial charge >= 0.3 is 36.6 Å². The molecule has 0 bridgehead atoms. The van der Waals surface area contributed by atoms with Crippen LogP contribution >= 0.6 is 0 Å². The van der Waals surface area contributed by atoms with Crippen molar-refractivity contribution < 1.29 is 69.8 Å². The van der Waals surface area contributed by atoms with E-state index in [1.807, 2.05) is 6.92 Å². The van der Waals surface area contributed by atoms with Gasteiger partial charge in [0.2, 0.25) is 0 Å². The van der Waals surface area contributed by atoms with Gasteiger partial charge in [0, 0.05) is 51.2 Å². The van der Waals surface area contributed by atoms with E-state index in [2.05, 4.69) is 21.3 Å². The average molecular weight is 1140 g/mol. The Labute approximate surface area is 470 Å². The number of unbranched alkanes of at least 4 members (excludes halogenated alkanes) is 4. The molecule has 0 aliphatic carbocycles. The third-order valence-corrected chi connectivity index (χ3v) is 12.2. The number of alkyl carbamates (subject to hydrolysis) is 4. The van der Waals surface area contributed by atoms with Crippen LogP contribution < -0.4 is 21.3 Å². The third-order valence-electron chi connectivity index (χ3n) is 11.6. The summed E-state index contributed by atoms with van der Waals surface area (Å²) in [6.07, 6.45) is 4.15. The van der Waals surface area contributed by atoms with Gasteiger partial charge in [-0.25, -0.2) is 28.8 Å². The molecule has 4 N–H and O–H groups in total. The van der Waals surface area contributed by atoms with Gasteiger partial charge in [-0.05, 0) is 202 Å². The summed E-state index contributed by atoms with van der Waals surface area (Å²) in [5, 5.41) is 11.6. The van der Waals surface area contributed by atoms with Gasteiger partial charge in [0.25, 0.3) is 10.1 Å². The number of nitrogens with zero attached hydrogens (tertiary/aromatic N) is 2. The number of carbonyl (C=O) groups is 6. The lowest BCUT2D eigenvalue weighted by molar-refractivity contribution is -0.0293. The number of amides is 6. The van der Waals surface area contributed by atoms with Gasteiger partial charge in [-0.15, -0.1) is 0 Å². The Hall–Kier alpha value is -4.47. The zero-order valence-corrected chi connectivity index (χ0v) is 53.0. The minimum Gasteiger partial charge on any atom is -0.444 e. The summed E-state index contributed by atoms with van der Waals surface area (Å²) in [6.45, 7) is 35.0. The van der Waals surface area contributed by atoms with Crippen molar-refractivity contribution in [3.05, 3.63) is 0 Å². The number of ether oxygens (including phenoxy) is 6. The summed E-state index contributed by atoms with van der Waals surface area (Å²) in [6, 6.07) is 0. The number of hydrogen-bond donors (Lipinski definition) is 4. The summed E-state index contributed by atoms with van der Waals surface area (Å²) >= 11 is 0. The fourth-order valence-corrected chi connectivity index (χ4v) is 8.91. The molecule has 0 heterocycles. The molecule has 0 aliphatic heterocycles. The standard InChI is InChI=1S/C56H108N6O15S/c1-49(2,3)72-43(63)57-36-26-25-34-56(61(20)47(67)76-53(13,14)15,35-29-38-59-45(65)74-51(7,8)9)42(31-24-22-23-27-40-71-78(21,69)70)41-62(48(68)77-54(16,17)18)39-30-33-55(19,60-46(66)75-52(10,11)12)32-28-37-58-44(64)73-50(4,5)6/h42H,22-41H2,1-21H3,(H,57,63)(H,58,64)(H,59,65)(H,60,66). The van der Waals surface area contributed by atoms with E-state index in [1.54, 1.807) is 141 Å². The summed E-state index contributed by atoms with van der Waals surface area (Å²) in [4.78, 5) is 84.2. The van der Waals surface area contributed by atoms with Crippen molar-refractivity contribution in [2.75, 3.05) is 52.6 Å². The molecule has 3 unspecified atom stereocenters. The lowest BCUT2D eigenvalue weighted by Crippen LogP contribution is -2.59. The molecule has 0 saturated heterocycles. The van der Waals surface area contributed by atoms with Crippen LogP contribution in [0, 0.1) is 5.92 Å². The second-order valence-corrected chi connectivity index (χ2v) is 28.4. The van der Waals surface area contributed by atoms with Crippen LogP contribution in [0.5, 0.6) is 0 Å². The van der Waals surface area contributed by atoms with Crippen LogP contribution in [0.25, 0.3) is 0 Å². The zero-order chi connectivity index (χ0) is 60.6. The Bertz CT molecular complexity index is 1960. The molecule has 0 saturated carbocycles. The summed E-state index contributed by atoms with van der Waals surface area (Å²) in [7, 11) is -1.92. The first-order valence-electron chi connectivity index (χ1n) is 28.0. The second-order valence-electron chi connectivity index (χ2n) is 26.7. The van der Waals surface area contributed by atoms with Crippen molar-refractivity contribution in [1.82, 2.24) is 31.1 Å². The van der Waals surface area contributed by atoms with Crippen molar-refractivity contribution in [1.29, 1.82) is 0 Å². The molecule has 0 spiro atoms. The molecule has 458 valence electrons. The fraction of sp³-hybridized carbons (Fsp3) is 0.893. The molecule has 22 heteroatoms. The van der Waals surface area contributed by atoms with E-state index in [0.717, 1.165) is 6.26 Å². The highest BCUT2D eigenvalue weighted by Crippen LogP contribution is 2.40. The summed E-state index contributed by atoms with van der Waals surface area (Å²) in [5.41, 5.74) is -6.62. The van der Waals surface area contributed by atoms with Crippen LogP contribution in [-0.2, 0) is 42.7 Å². The predicted octanol–water partition coefficient (Wildman–Crippen LogP) is 11.7.